The van der Waals surface area contributed by atoms with E-state index in [4.69, 9.17) is 4.74 Å². The van der Waals surface area contributed by atoms with Crippen molar-refractivity contribution in [2.45, 2.75) is 59.0 Å². The summed E-state index contributed by atoms with van der Waals surface area (Å²) in [5.41, 5.74) is 5.16. The van der Waals surface area contributed by atoms with Crippen molar-refractivity contribution in [2.24, 2.45) is 0 Å². The highest BCUT2D eigenvalue weighted by molar-refractivity contribution is 7.15. The number of hydrogen-bond donors (Lipinski definition) is 1. The summed E-state index contributed by atoms with van der Waals surface area (Å²) in [5.74, 6) is 0.596. The number of amides is 1. The van der Waals surface area contributed by atoms with E-state index >= 15 is 0 Å². The molecule has 198 valence electrons. The second-order valence-electron chi connectivity index (χ2n) is 9.01. The van der Waals surface area contributed by atoms with Gasteiger partial charge in [0, 0.05) is 24.2 Å². The summed E-state index contributed by atoms with van der Waals surface area (Å²) in [7, 11) is 3.75. The number of ether oxygens (including phenoxy) is 1. The molecule has 37 heavy (non-hydrogen) atoms. The van der Waals surface area contributed by atoms with Crippen molar-refractivity contribution in [3.8, 4) is 22.4 Å². The zero-order valence-electron chi connectivity index (χ0n) is 22.7. The van der Waals surface area contributed by atoms with E-state index in [-0.39, 0.29) is 6.10 Å². The molecule has 8 heteroatoms. The van der Waals surface area contributed by atoms with Gasteiger partial charge in [-0.1, -0.05) is 30.1 Å². The van der Waals surface area contributed by atoms with Crippen molar-refractivity contribution in [2.75, 3.05) is 27.2 Å². The van der Waals surface area contributed by atoms with Gasteiger partial charge in [-0.3, -0.25) is 4.79 Å². The molecule has 1 aromatic heterocycles. The Hall–Kier alpha value is -3.28. The van der Waals surface area contributed by atoms with Crippen LogP contribution in [-0.2, 0) is 4.79 Å². The number of aromatic nitrogens is 2. The zero-order chi connectivity index (χ0) is 27.2. The van der Waals surface area contributed by atoms with Gasteiger partial charge in [-0.25, -0.2) is 0 Å². The maximum atomic E-state index is 9.93. The average Bonchev–Trinajstić information content (AvgIpc) is 3.68. The molecule has 0 atom stereocenters. The van der Waals surface area contributed by atoms with Crippen LogP contribution in [0.5, 0.6) is 5.75 Å². The molecule has 2 heterocycles. The maximum Gasteiger partial charge on any atom is 0.209 e. The molecule has 1 N–H and O–H groups in total. The van der Waals surface area contributed by atoms with Crippen LogP contribution in [0.1, 0.15) is 63.4 Å². The third kappa shape index (κ3) is 8.66. The fraction of sp³-hybridized carbons (Fsp3) is 0.448. The van der Waals surface area contributed by atoms with Crippen LogP contribution in [0.25, 0.3) is 16.1 Å². The summed E-state index contributed by atoms with van der Waals surface area (Å²) < 4.78 is 5.70. The van der Waals surface area contributed by atoms with E-state index in [9.17, 15) is 10.1 Å². The summed E-state index contributed by atoms with van der Waals surface area (Å²) >= 11 is 1.53. The molecule has 0 spiro atoms. The average molecular weight is 522 g/mol. The number of rotatable bonds is 6. The first-order valence-electron chi connectivity index (χ1n) is 12.8. The number of nitriles is 1. The highest BCUT2D eigenvalue weighted by atomic mass is 32.1. The third-order valence-electron chi connectivity index (χ3n) is 5.79. The number of allylic oxidation sites excluding steroid dienone is 5. The van der Waals surface area contributed by atoms with Crippen molar-refractivity contribution in [1.29, 1.82) is 5.26 Å². The normalized spacial score (nSPS) is 16.9. The highest BCUT2D eigenvalue weighted by Crippen LogP contribution is 2.39. The lowest BCUT2D eigenvalue weighted by atomic mass is 10.0. The Bertz CT molecular complexity index is 1140. The Morgan fingerprint density at radius 2 is 1.92 bits per heavy atom. The molecule has 1 aliphatic carbocycles. The first-order chi connectivity index (χ1) is 17.9. The van der Waals surface area contributed by atoms with Crippen LogP contribution < -0.4 is 10.1 Å². The molecule has 1 aliphatic heterocycles. The molecule has 0 radical (unpaired) electrons. The number of nitrogens with zero attached hydrogens (tertiary/aromatic N) is 4. The quantitative estimate of drug-likeness (QED) is 0.468. The molecular formula is C29H39N5O2S. The molecule has 7 nitrogen and oxygen atoms in total. The van der Waals surface area contributed by atoms with E-state index in [1.165, 1.54) is 41.7 Å². The number of benzene rings is 1. The lowest BCUT2D eigenvalue weighted by Gasteiger charge is -2.11. The second-order valence-corrected chi connectivity index (χ2v) is 9.99. The van der Waals surface area contributed by atoms with Crippen molar-refractivity contribution in [3.63, 3.8) is 0 Å². The number of carbonyl (C=O) groups is 1. The minimum absolute atomic E-state index is 0.0186. The van der Waals surface area contributed by atoms with Gasteiger partial charge in [0.1, 0.15) is 21.8 Å². The second kappa shape index (κ2) is 15.7. The minimum atomic E-state index is 0.0186. The van der Waals surface area contributed by atoms with Crippen molar-refractivity contribution < 1.29 is 9.53 Å². The van der Waals surface area contributed by atoms with E-state index in [1.807, 2.05) is 52.2 Å². The summed E-state index contributed by atoms with van der Waals surface area (Å²) in [5, 5.41) is 22.6. The van der Waals surface area contributed by atoms with Crippen molar-refractivity contribution in [3.05, 3.63) is 58.6 Å². The lowest BCUT2D eigenvalue weighted by molar-refractivity contribution is -0.117. The van der Waals surface area contributed by atoms with Crippen LogP contribution in [0.4, 0.5) is 0 Å². The molecule has 1 saturated carbocycles. The largest absolute Gasteiger partial charge is 0.490 e. The van der Waals surface area contributed by atoms with Crippen LogP contribution in [0.2, 0.25) is 0 Å². The zero-order valence-corrected chi connectivity index (χ0v) is 23.5. The van der Waals surface area contributed by atoms with Gasteiger partial charge in [0.15, 0.2) is 0 Å². The smallest absolute Gasteiger partial charge is 0.209 e. The minimum Gasteiger partial charge on any atom is -0.490 e. The standard InChI is InChI=1S/C22H23N3OS.C5H9NO.C2H7N/c1-5-15-8-7-9-19(15)18(6-2)22-25-24-21(27-22)16-10-11-20(26-14(3)4)17(12-16)13-23;7-5-6-3-1-2-4-6;1-3-2/h5-6,10-12,14H,2,7-9H2,1,3-4H3;5H,1-4H2;3H,1-2H3/b15-5-,19-18+;;. The molecule has 0 bridgehead atoms. The number of hydrogen-bond acceptors (Lipinski definition) is 7. The Kier molecular flexibility index (Phi) is 12.7. The summed E-state index contributed by atoms with van der Waals surface area (Å²) in [6, 6.07) is 7.78. The molecule has 1 aromatic carbocycles. The van der Waals surface area contributed by atoms with E-state index in [1.54, 1.807) is 4.90 Å². The lowest BCUT2D eigenvalue weighted by Crippen LogP contribution is -2.15. The van der Waals surface area contributed by atoms with Crippen LogP contribution in [-0.4, -0.2) is 54.8 Å². The molecule has 2 aliphatic rings. The van der Waals surface area contributed by atoms with Gasteiger partial charge in [-0.15, -0.1) is 10.2 Å². The predicted molar refractivity (Wildman–Crippen MR) is 152 cm³/mol. The molecule has 1 amide bonds. The van der Waals surface area contributed by atoms with E-state index < -0.39 is 0 Å². The summed E-state index contributed by atoms with van der Waals surface area (Å²) in [6.45, 7) is 11.9. The summed E-state index contributed by atoms with van der Waals surface area (Å²) in [6.07, 6.45) is 10.7. The first kappa shape index (κ1) is 29.9. The number of carbonyl (C=O) groups excluding carboxylic acids is 1. The van der Waals surface area contributed by atoms with Gasteiger partial charge >= 0.3 is 0 Å². The monoisotopic (exact) mass is 521 g/mol. The summed E-state index contributed by atoms with van der Waals surface area (Å²) in [4.78, 5) is 11.7. The molecule has 0 unspecified atom stereocenters. The molecule has 2 aromatic rings. The van der Waals surface area contributed by atoms with Gasteiger partial charge in [-0.05, 0) is 96.3 Å². The van der Waals surface area contributed by atoms with Crippen LogP contribution in [0, 0.1) is 11.3 Å². The predicted octanol–water partition coefficient (Wildman–Crippen LogP) is 6.01. The van der Waals surface area contributed by atoms with E-state index in [2.05, 4.69) is 41.2 Å². The van der Waals surface area contributed by atoms with Gasteiger partial charge in [-0.2, -0.15) is 5.26 Å². The molecule has 2 fully saturated rings. The van der Waals surface area contributed by atoms with E-state index in [0.717, 1.165) is 53.5 Å². The Morgan fingerprint density at radius 3 is 2.46 bits per heavy atom. The third-order valence-corrected chi connectivity index (χ3v) is 6.80. The van der Waals surface area contributed by atoms with Gasteiger partial charge in [0.2, 0.25) is 6.41 Å². The molecule has 4 rings (SSSR count). The Morgan fingerprint density at radius 1 is 1.22 bits per heavy atom. The SMILES string of the molecule is C=C/C(=C1/CCC/C1=C/C)c1nnc(-c2ccc(OC(C)C)c(C#N)c2)s1.CNC.O=CN1CCCC1. The first-order valence-corrected chi connectivity index (χ1v) is 13.6. The maximum absolute atomic E-state index is 9.93. The highest BCUT2D eigenvalue weighted by Gasteiger charge is 2.20. The van der Waals surface area contributed by atoms with Crippen molar-refractivity contribution in [1.82, 2.24) is 20.4 Å². The van der Waals surface area contributed by atoms with Crippen LogP contribution in [0.3, 0.4) is 0 Å². The van der Waals surface area contributed by atoms with Crippen LogP contribution >= 0.6 is 11.3 Å². The number of likely N-dealkylation sites (tertiary alicyclic amines) is 1. The topological polar surface area (TPSA) is 91.1 Å². The fourth-order valence-corrected chi connectivity index (χ4v) is 5.04. The van der Waals surface area contributed by atoms with Gasteiger partial charge < -0.3 is 15.0 Å². The molecule has 1 saturated heterocycles. The van der Waals surface area contributed by atoms with Crippen LogP contribution in [0.15, 0.2) is 48.1 Å². The van der Waals surface area contributed by atoms with Gasteiger partial charge in [0.25, 0.3) is 0 Å². The Balaban J connectivity index is 0.000000404. The Labute approximate surface area is 225 Å². The number of nitrogens with one attached hydrogen (secondary N) is 1. The van der Waals surface area contributed by atoms with Gasteiger partial charge in [0.05, 0.1) is 11.7 Å². The fourth-order valence-electron chi connectivity index (χ4n) is 4.14. The van der Waals surface area contributed by atoms with E-state index in [0.29, 0.717) is 11.3 Å². The van der Waals surface area contributed by atoms with Crippen molar-refractivity contribution >= 4 is 23.3 Å². The molecular weight excluding hydrogens is 482 g/mol.